The van der Waals surface area contributed by atoms with Crippen LogP contribution in [-0.4, -0.2) is 48.7 Å². The topological polar surface area (TPSA) is 57.7 Å². The SMILES string of the molecule is CCOc1ccccc1N1CCN(C(=O)NC(C)c2nccs2)CC1. The number of benzene rings is 1. The van der Waals surface area contributed by atoms with E-state index in [-0.39, 0.29) is 12.1 Å². The normalized spacial score (nSPS) is 15.8. The molecule has 0 bridgehead atoms. The van der Waals surface area contributed by atoms with Crippen LogP contribution in [0.2, 0.25) is 0 Å². The van der Waals surface area contributed by atoms with Gasteiger partial charge in [0.15, 0.2) is 0 Å². The van der Waals surface area contributed by atoms with Crippen molar-refractivity contribution >= 4 is 23.1 Å². The Morgan fingerprint density at radius 2 is 2.08 bits per heavy atom. The molecule has 1 aliphatic heterocycles. The minimum atomic E-state index is -0.0655. The van der Waals surface area contributed by atoms with E-state index in [1.807, 2.05) is 42.3 Å². The van der Waals surface area contributed by atoms with E-state index >= 15 is 0 Å². The molecular weight excluding hydrogens is 336 g/mol. The number of hydrogen-bond donors (Lipinski definition) is 1. The van der Waals surface area contributed by atoms with Crippen LogP contribution in [0.1, 0.15) is 24.9 Å². The van der Waals surface area contributed by atoms with Gasteiger partial charge in [-0.2, -0.15) is 0 Å². The number of amides is 2. The fourth-order valence-corrected chi connectivity index (χ4v) is 3.58. The van der Waals surface area contributed by atoms with Crippen LogP contribution < -0.4 is 15.0 Å². The lowest BCUT2D eigenvalue weighted by Gasteiger charge is -2.37. The summed E-state index contributed by atoms with van der Waals surface area (Å²) in [5, 5.41) is 5.88. The Hall–Kier alpha value is -2.28. The molecule has 0 aliphatic carbocycles. The van der Waals surface area contributed by atoms with Gasteiger partial charge in [-0.15, -0.1) is 11.3 Å². The number of hydrogen-bond acceptors (Lipinski definition) is 5. The van der Waals surface area contributed by atoms with E-state index in [4.69, 9.17) is 4.74 Å². The number of carbonyl (C=O) groups is 1. The van der Waals surface area contributed by atoms with Crippen molar-refractivity contribution in [2.24, 2.45) is 0 Å². The summed E-state index contributed by atoms with van der Waals surface area (Å²) in [6, 6.07) is 7.98. The number of urea groups is 1. The van der Waals surface area contributed by atoms with Crippen LogP contribution in [-0.2, 0) is 0 Å². The van der Waals surface area contributed by atoms with E-state index in [9.17, 15) is 4.79 Å². The van der Waals surface area contributed by atoms with Crippen LogP contribution in [0.3, 0.4) is 0 Å². The first-order chi connectivity index (χ1) is 12.2. The van der Waals surface area contributed by atoms with Crippen molar-refractivity contribution in [2.45, 2.75) is 19.9 Å². The predicted octanol–water partition coefficient (Wildman–Crippen LogP) is 3.13. The maximum atomic E-state index is 12.5. The van der Waals surface area contributed by atoms with Crippen LogP contribution in [0.5, 0.6) is 5.75 Å². The Morgan fingerprint density at radius 3 is 2.76 bits per heavy atom. The largest absolute Gasteiger partial charge is 0.492 e. The van der Waals surface area contributed by atoms with Gasteiger partial charge in [-0.05, 0) is 26.0 Å². The lowest BCUT2D eigenvalue weighted by molar-refractivity contribution is 0.191. The lowest BCUT2D eigenvalue weighted by atomic mass is 10.2. The third-order valence-corrected chi connectivity index (χ3v) is 5.19. The summed E-state index contributed by atoms with van der Waals surface area (Å²) in [5.74, 6) is 0.903. The molecule has 2 aromatic rings. The van der Waals surface area contributed by atoms with Gasteiger partial charge in [-0.25, -0.2) is 9.78 Å². The second-order valence-corrected chi connectivity index (χ2v) is 6.84. The summed E-state index contributed by atoms with van der Waals surface area (Å²) in [6.07, 6.45) is 1.76. The number of piperazine rings is 1. The van der Waals surface area contributed by atoms with Crippen LogP contribution in [0.4, 0.5) is 10.5 Å². The summed E-state index contributed by atoms with van der Waals surface area (Å²) in [4.78, 5) is 20.9. The number of para-hydroxylation sites is 2. The van der Waals surface area contributed by atoms with E-state index in [0.717, 1.165) is 29.5 Å². The molecule has 1 aromatic heterocycles. The van der Waals surface area contributed by atoms with Crippen molar-refractivity contribution in [3.63, 3.8) is 0 Å². The highest BCUT2D eigenvalue weighted by atomic mass is 32.1. The Bertz CT molecular complexity index is 684. The van der Waals surface area contributed by atoms with Crippen molar-refractivity contribution in [1.29, 1.82) is 0 Å². The van der Waals surface area contributed by atoms with Crippen LogP contribution >= 0.6 is 11.3 Å². The summed E-state index contributed by atoms with van der Waals surface area (Å²) < 4.78 is 5.72. The zero-order chi connectivity index (χ0) is 17.6. The average Bonchev–Trinajstić information content (AvgIpc) is 3.17. The molecule has 7 heteroatoms. The van der Waals surface area contributed by atoms with Gasteiger partial charge in [0, 0.05) is 37.8 Å². The van der Waals surface area contributed by atoms with Crippen molar-refractivity contribution < 1.29 is 9.53 Å². The zero-order valence-electron chi connectivity index (χ0n) is 14.6. The summed E-state index contributed by atoms with van der Waals surface area (Å²) in [7, 11) is 0. The second-order valence-electron chi connectivity index (χ2n) is 5.92. The number of carbonyl (C=O) groups excluding carboxylic acids is 1. The van der Waals surface area contributed by atoms with Gasteiger partial charge >= 0.3 is 6.03 Å². The molecule has 3 rings (SSSR count). The highest BCUT2D eigenvalue weighted by Gasteiger charge is 2.24. The molecule has 1 unspecified atom stereocenters. The third kappa shape index (κ3) is 4.22. The fourth-order valence-electron chi connectivity index (χ4n) is 2.93. The van der Waals surface area contributed by atoms with Gasteiger partial charge in [-0.3, -0.25) is 0 Å². The molecule has 6 nitrogen and oxygen atoms in total. The molecule has 134 valence electrons. The molecule has 0 spiro atoms. The van der Waals surface area contributed by atoms with Gasteiger partial charge in [0.25, 0.3) is 0 Å². The molecule has 1 aliphatic rings. The van der Waals surface area contributed by atoms with E-state index in [0.29, 0.717) is 19.7 Å². The van der Waals surface area contributed by atoms with Crippen LogP contribution in [0, 0.1) is 0 Å². The molecule has 2 heterocycles. The van der Waals surface area contributed by atoms with Gasteiger partial charge in [0.1, 0.15) is 10.8 Å². The average molecular weight is 360 g/mol. The number of nitrogens with zero attached hydrogens (tertiary/aromatic N) is 3. The third-order valence-electron chi connectivity index (χ3n) is 4.23. The lowest BCUT2D eigenvalue weighted by Crippen LogP contribution is -2.52. The maximum Gasteiger partial charge on any atom is 0.318 e. The maximum absolute atomic E-state index is 12.5. The fraction of sp³-hybridized carbons (Fsp3) is 0.444. The van der Waals surface area contributed by atoms with Crippen molar-refractivity contribution in [2.75, 3.05) is 37.7 Å². The minimum Gasteiger partial charge on any atom is -0.492 e. The van der Waals surface area contributed by atoms with Crippen molar-refractivity contribution in [3.05, 3.63) is 40.8 Å². The van der Waals surface area contributed by atoms with Gasteiger partial charge in [0.2, 0.25) is 0 Å². The Balaban J connectivity index is 1.56. The Labute approximate surface area is 152 Å². The number of ether oxygens (including phenoxy) is 1. The monoisotopic (exact) mass is 360 g/mol. The first-order valence-electron chi connectivity index (χ1n) is 8.60. The molecule has 1 atom stereocenters. The number of nitrogens with one attached hydrogen (secondary N) is 1. The number of aromatic nitrogens is 1. The predicted molar refractivity (Wildman–Crippen MR) is 100 cm³/mol. The van der Waals surface area contributed by atoms with Gasteiger partial charge < -0.3 is 19.9 Å². The highest BCUT2D eigenvalue weighted by molar-refractivity contribution is 7.09. The standard InChI is InChI=1S/C18H24N4O2S/c1-3-24-16-7-5-4-6-15(16)21-9-11-22(12-10-21)18(23)20-14(2)17-19-8-13-25-17/h4-8,13-14H,3,9-12H2,1-2H3,(H,20,23). The van der Waals surface area contributed by atoms with E-state index < -0.39 is 0 Å². The molecule has 2 amide bonds. The first-order valence-corrected chi connectivity index (χ1v) is 9.48. The quantitative estimate of drug-likeness (QED) is 0.890. The highest BCUT2D eigenvalue weighted by Crippen LogP contribution is 2.28. The Kier molecular flexibility index (Phi) is 5.75. The first kappa shape index (κ1) is 17.5. The molecule has 1 N–H and O–H groups in total. The van der Waals surface area contributed by atoms with E-state index in [1.165, 1.54) is 0 Å². The minimum absolute atomic E-state index is 0.0274. The number of rotatable bonds is 5. The van der Waals surface area contributed by atoms with E-state index in [1.54, 1.807) is 17.5 Å². The smallest absolute Gasteiger partial charge is 0.318 e. The molecule has 1 fully saturated rings. The number of anilines is 1. The molecule has 0 radical (unpaired) electrons. The molecule has 1 aromatic carbocycles. The Morgan fingerprint density at radius 1 is 1.32 bits per heavy atom. The van der Waals surface area contributed by atoms with Gasteiger partial charge in [-0.1, -0.05) is 12.1 Å². The summed E-state index contributed by atoms with van der Waals surface area (Å²) in [5.41, 5.74) is 1.10. The van der Waals surface area contributed by atoms with Crippen molar-refractivity contribution in [1.82, 2.24) is 15.2 Å². The van der Waals surface area contributed by atoms with Crippen LogP contribution in [0.15, 0.2) is 35.8 Å². The van der Waals surface area contributed by atoms with Crippen molar-refractivity contribution in [3.8, 4) is 5.75 Å². The molecular formula is C18H24N4O2S. The second kappa shape index (κ2) is 8.20. The molecule has 0 saturated carbocycles. The van der Waals surface area contributed by atoms with Gasteiger partial charge in [0.05, 0.1) is 18.3 Å². The zero-order valence-corrected chi connectivity index (χ0v) is 15.5. The van der Waals surface area contributed by atoms with E-state index in [2.05, 4.69) is 21.3 Å². The molecule has 25 heavy (non-hydrogen) atoms. The summed E-state index contributed by atoms with van der Waals surface area (Å²) >= 11 is 1.56. The summed E-state index contributed by atoms with van der Waals surface area (Å²) in [6.45, 7) is 7.57. The van der Waals surface area contributed by atoms with Crippen LogP contribution in [0.25, 0.3) is 0 Å². The molecule has 1 saturated heterocycles. The number of thiazole rings is 1.